The second kappa shape index (κ2) is 8.08. The summed E-state index contributed by atoms with van der Waals surface area (Å²) in [5, 5.41) is 0.101. The number of rotatable bonds is 5. The number of hydrogen-bond acceptors (Lipinski definition) is 0. The van der Waals surface area contributed by atoms with E-state index in [1.54, 1.807) is 0 Å². The Morgan fingerprint density at radius 1 is 0.920 bits per heavy atom. The third kappa shape index (κ3) is 5.20. The van der Waals surface area contributed by atoms with Gasteiger partial charge in [-0.2, -0.15) is 0 Å². The lowest BCUT2D eigenvalue weighted by molar-refractivity contribution is 0.380. The third-order valence-electron chi connectivity index (χ3n) is 5.47. The van der Waals surface area contributed by atoms with Crippen LogP contribution in [0.3, 0.4) is 0 Å². The molecule has 0 N–H and O–H groups in total. The minimum atomic E-state index is -0.881. The van der Waals surface area contributed by atoms with Crippen LogP contribution >= 0.6 is 10.0 Å². The molecule has 1 aromatic rings. The average Bonchev–Trinajstić information content (AvgIpc) is 2.49. The van der Waals surface area contributed by atoms with Crippen LogP contribution in [0.2, 0.25) is 5.21 Å². The zero-order chi connectivity index (χ0) is 19.5. The van der Waals surface area contributed by atoms with Gasteiger partial charge >= 0.3 is 0 Å². The third-order valence-corrected chi connectivity index (χ3v) is 7.12. The van der Waals surface area contributed by atoms with Gasteiger partial charge in [0.1, 0.15) is 15.7 Å². The Morgan fingerprint density at radius 2 is 1.44 bits per heavy atom. The van der Waals surface area contributed by atoms with E-state index in [2.05, 4.69) is 118 Å². The second-order valence-electron chi connectivity index (χ2n) is 9.03. The average molecular weight is 354 g/mol. The van der Waals surface area contributed by atoms with Crippen LogP contribution in [0.5, 0.6) is 0 Å². The van der Waals surface area contributed by atoms with Crippen molar-refractivity contribution in [3.8, 4) is 0 Å². The summed E-state index contributed by atoms with van der Waals surface area (Å²) in [6.45, 7) is 11.4. The van der Waals surface area contributed by atoms with Crippen molar-refractivity contribution in [3.05, 3.63) is 64.6 Å². The molecule has 1 aromatic carbocycles. The van der Waals surface area contributed by atoms with E-state index in [0.717, 1.165) is 0 Å². The van der Waals surface area contributed by atoms with Crippen LogP contribution in [-0.4, -0.2) is 34.5 Å². The standard InChI is InChI=1S/C22H36B2S/c1-9-17(18-14-12-11-13-15-18)16-20(25(6,7)8)19(10-2)22(23,24)21(3,4)5/h9-16H,23-24H2,1-8H3/b17-9-,19-10+,20-16+. The highest BCUT2D eigenvalue weighted by Gasteiger charge is 2.38. The summed E-state index contributed by atoms with van der Waals surface area (Å²) in [6, 6.07) is 10.7. The van der Waals surface area contributed by atoms with Gasteiger partial charge in [-0.3, -0.25) is 0 Å². The molecule has 3 heteroatoms. The first-order valence-electron chi connectivity index (χ1n) is 9.15. The van der Waals surface area contributed by atoms with E-state index >= 15 is 0 Å². The molecule has 0 aromatic heterocycles. The minimum absolute atomic E-state index is 0.101. The van der Waals surface area contributed by atoms with Crippen molar-refractivity contribution >= 4 is 31.3 Å². The normalized spacial score (nSPS) is 16.1. The van der Waals surface area contributed by atoms with Crippen LogP contribution in [0.4, 0.5) is 0 Å². The molecule has 0 aliphatic carbocycles. The Bertz CT molecular complexity index is 666. The molecule has 1 rings (SSSR count). The van der Waals surface area contributed by atoms with Gasteiger partial charge < -0.3 is 0 Å². The Labute approximate surface area is 160 Å². The van der Waals surface area contributed by atoms with Gasteiger partial charge in [0.2, 0.25) is 0 Å². The highest BCUT2D eigenvalue weighted by molar-refractivity contribution is 8.35. The Morgan fingerprint density at radius 3 is 1.80 bits per heavy atom. The van der Waals surface area contributed by atoms with Crippen molar-refractivity contribution < 1.29 is 0 Å². The lowest BCUT2D eigenvalue weighted by atomic mass is 9.40. The Kier molecular flexibility index (Phi) is 7.10. The first-order chi connectivity index (χ1) is 11.4. The van der Waals surface area contributed by atoms with Gasteiger partial charge in [0.15, 0.2) is 0 Å². The monoisotopic (exact) mass is 354 g/mol. The lowest BCUT2D eigenvalue weighted by Crippen LogP contribution is -2.33. The van der Waals surface area contributed by atoms with Gasteiger partial charge in [0.25, 0.3) is 0 Å². The van der Waals surface area contributed by atoms with Gasteiger partial charge in [-0.15, -0.1) is 0 Å². The van der Waals surface area contributed by atoms with Crippen molar-refractivity contribution in [2.45, 2.75) is 39.8 Å². The van der Waals surface area contributed by atoms with E-state index in [1.807, 2.05) is 0 Å². The highest BCUT2D eigenvalue weighted by Crippen LogP contribution is 2.58. The van der Waals surface area contributed by atoms with Crippen LogP contribution in [0.15, 0.2) is 59.0 Å². The SMILES string of the molecule is BC(B)(C(=C/C)/C(=C\C(=C\C)c1ccccc1)S(C)(C)C)C(C)(C)C. The van der Waals surface area contributed by atoms with Gasteiger partial charge in [0.05, 0.1) is 0 Å². The summed E-state index contributed by atoms with van der Waals surface area (Å²) in [5.74, 6) is 0. The fourth-order valence-corrected chi connectivity index (χ4v) is 4.42. The van der Waals surface area contributed by atoms with E-state index in [0.29, 0.717) is 0 Å². The molecule has 0 radical (unpaired) electrons. The minimum Gasteiger partial charge on any atom is -0.223 e. The van der Waals surface area contributed by atoms with Crippen molar-refractivity contribution in [3.63, 3.8) is 0 Å². The molecular formula is C22H36B2S. The zero-order valence-corrected chi connectivity index (χ0v) is 18.8. The molecule has 0 saturated heterocycles. The smallest absolute Gasteiger partial charge is 0.105 e. The van der Waals surface area contributed by atoms with Gasteiger partial charge in [-0.1, -0.05) is 68.5 Å². The molecule has 0 heterocycles. The summed E-state index contributed by atoms with van der Waals surface area (Å²) in [7, 11) is 3.90. The van der Waals surface area contributed by atoms with E-state index in [9.17, 15) is 0 Å². The predicted molar refractivity (Wildman–Crippen MR) is 127 cm³/mol. The van der Waals surface area contributed by atoms with Crippen LogP contribution in [0.1, 0.15) is 40.2 Å². The van der Waals surface area contributed by atoms with Crippen LogP contribution in [-0.2, 0) is 0 Å². The number of allylic oxidation sites excluding steroid dienone is 5. The first-order valence-corrected chi connectivity index (χ1v) is 12.0. The lowest BCUT2D eigenvalue weighted by Gasteiger charge is -2.46. The molecule has 0 aliphatic rings. The van der Waals surface area contributed by atoms with Gasteiger partial charge in [-0.05, 0) is 65.7 Å². The van der Waals surface area contributed by atoms with Gasteiger partial charge in [0, 0.05) is 0 Å². The largest absolute Gasteiger partial charge is 0.223 e. The molecule has 0 saturated carbocycles. The highest BCUT2D eigenvalue weighted by atomic mass is 32.3. The summed E-state index contributed by atoms with van der Waals surface area (Å²) >= 11 is 0. The summed E-state index contributed by atoms with van der Waals surface area (Å²) in [6.07, 6.45) is 14.2. The van der Waals surface area contributed by atoms with E-state index in [-0.39, 0.29) is 10.6 Å². The van der Waals surface area contributed by atoms with E-state index in [1.165, 1.54) is 21.6 Å². The van der Waals surface area contributed by atoms with Crippen molar-refractivity contribution in [2.75, 3.05) is 18.8 Å². The summed E-state index contributed by atoms with van der Waals surface area (Å²) in [4.78, 5) is 1.51. The molecule has 0 fully saturated rings. The summed E-state index contributed by atoms with van der Waals surface area (Å²) < 4.78 is 0. The maximum Gasteiger partial charge on any atom is 0.105 e. The molecule has 0 amide bonds. The Hall–Kier alpha value is -1.08. The molecule has 0 unspecified atom stereocenters. The molecule has 0 spiro atoms. The topological polar surface area (TPSA) is 0 Å². The van der Waals surface area contributed by atoms with E-state index < -0.39 is 10.0 Å². The van der Waals surface area contributed by atoms with E-state index in [4.69, 9.17) is 0 Å². The van der Waals surface area contributed by atoms with Crippen LogP contribution in [0, 0.1) is 5.41 Å². The molecule has 136 valence electrons. The Balaban J connectivity index is 3.59. The van der Waals surface area contributed by atoms with Crippen LogP contribution < -0.4 is 0 Å². The second-order valence-corrected chi connectivity index (χ2v) is 13.1. The van der Waals surface area contributed by atoms with Crippen molar-refractivity contribution in [1.82, 2.24) is 0 Å². The van der Waals surface area contributed by atoms with Crippen LogP contribution in [0.25, 0.3) is 5.57 Å². The molecule has 0 atom stereocenters. The molecule has 0 nitrogen and oxygen atoms in total. The fraction of sp³-hybridized carbons (Fsp3) is 0.455. The maximum atomic E-state index is 2.44. The number of hydrogen-bond donors (Lipinski definition) is 0. The molecule has 0 aliphatic heterocycles. The van der Waals surface area contributed by atoms with Crippen molar-refractivity contribution in [1.29, 1.82) is 0 Å². The molecule has 25 heavy (non-hydrogen) atoms. The van der Waals surface area contributed by atoms with Crippen molar-refractivity contribution in [2.24, 2.45) is 5.41 Å². The van der Waals surface area contributed by atoms with Gasteiger partial charge in [-0.25, -0.2) is 10.0 Å². The maximum absolute atomic E-state index is 2.44. The fourth-order valence-electron chi connectivity index (χ4n) is 2.90. The quantitative estimate of drug-likeness (QED) is 0.513. The summed E-state index contributed by atoms with van der Waals surface area (Å²) in [5.41, 5.74) is 4.27. The number of benzene rings is 1. The first kappa shape index (κ1) is 22.0. The predicted octanol–water partition coefficient (Wildman–Crippen LogP) is 5.04. The molecule has 0 bridgehead atoms. The zero-order valence-electron chi connectivity index (χ0n) is 18.0. The molecular weight excluding hydrogens is 318 g/mol.